The Balaban J connectivity index is 1.03. The van der Waals surface area contributed by atoms with Crippen LogP contribution in [0.1, 0.15) is 121 Å². The van der Waals surface area contributed by atoms with Gasteiger partial charge in [-0.05, 0) is 32.1 Å². The summed E-state index contributed by atoms with van der Waals surface area (Å²) >= 11 is 0. The van der Waals surface area contributed by atoms with E-state index in [-0.39, 0.29) is 35.6 Å². The van der Waals surface area contributed by atoms with E-state index >= 15 is 0 Å². The molecule has 2 aliphatic carbocycles. The van der Waals surface area contributed by atoms with E-state index in [4.69, 9.17) is 27.8 Å². The monoisotopic (exact) mass is 654 g/mol. The van der Waals surface area contributed by atoms with Gasteiger partial charge in [-0.15, -0.1) is 0 Å². The Morgan fingerprint density at radius 2 is 1.53 bits per heavy atom. The number of aromatic nitrogens is 2. The molecule has 2 fully saturated rings. The molecule has 0 bridgehead atoms. The van der Waals surface area contributed by atoms with Crippen LogP contribution in [0, 0.1) is 17.8 Å². The number of aromatic amines is 2. The molecule has 0 radical (unpaired) electrons. The number of furan rings is 2. The predicted octanol–water partition coefficient (Wildman–Crippen LogP) is 7.21. The van der Waals surface area contributed by atoms with Crippen molar-refractivity contribution in [1.82, 2.24) is 9.97 Å². The van der Waals surface area contributed by atoms with Gasteiger partial charge in [0.15, 0.2) is 11.2 Å². The first kappa shape index (κ1) is 33.3. The number of esters is 2. The maximum absolute atomic E-state index is 13.2. The topological polar surface area (TPSA) is 169 Å². The van der Waals surface area contributed by atoms with Crippen molar-refractivity contribution in [3.8, 4) is 0 Å². The third-order valence-electron chi connectivity index (χ3n) is 9.39. The van der Waals surface area contributed by atoms with Gasteiger partial charge in [0.1, 0.15) is 5.76 Å². The zero-order chi connectivity index (χ0) is 33.1. The van der Waals surface area contributed by atoms with Gasteiger partial charge in [0, 0.05) is 42.5 Å². The molecule has 6 unspecified atom stereocenters. The summed E-state index contributed by atoms with van der Waals surface area (Å²) < 4.78 is 34.4. The number of rotatable bonds is 13. The van der Waals surface area contributed by atoms with Gasteiger partial charge in [-0.3, -0.25) is 9.59 Å². The number of fused-ring (bicyclic) bond motifs is 2. The molecule has 2 saturated carbocycles. The minimum atomic E-state index is -1.34. The zero-order valence-electron chi connectivity index (χ0n) is 27.2. The van der Waals surface area contributed by atoms with E-state index in [1.165, 1.54) is 0 Å². The lowest BCUT2D eigenvalue weighted by atomic mass is 9.80. The number of aliphatic hydroxyl groups is 2. The Morgan fingerprint density at radius 1 is 0.851 bits per heavy atom. The molecule has 0 spiro atoms. The molecule has 4 N–H and O–H groups in total. The van der Waals surface area contributed by atoms with Gasteiger partial charge in [-0.1, -0.05) is 46.5 Å². The fourth-order valence-electron chi connectivity index (χ4n) is 6.68. The lowest BCUT2D eigenvalue weighted by Crippen LogP contribution is -2.32. The molecule has 2 aliphatic rings. The summed E-state index contributed by atoms with van der Waals surface area (Å²) in [6.07, 6.45) is 5.27. The van der Waals surface area contributed by atoms with E-state index in [2.05, 4.69) is 9.97 Å². The number of nitrogens with one attached hydrogen (secondary N) is 2. The smallest absolute Gasteiger partial charge is 0.311 e. The Labute approximate surface area is 273 Å². The van der Waals surface area contributed by atoms with Gasteiger partial charge >= 0.3 is 11.9 Å². The van der Waals surface area contributed by atoms with Crippen molar-refractivity contribution in [3.05, 3.63) is 47.7 Å². The normalized spacial score (nSPS) is 22.0. The van der Waals surface area contributed by atoms with Crippen molar-refractivity contribution in [3.63, 3.8) is 0 Å². The number of H-pyrrole nitrogens is 2. The minimum absolute atomic E-state index is 0.0113. The molecule has 256 valence electrons. The van der Waals surface area contributed by atoms with Gasteiger partial charge in [0.25, 0.3) is 0 Å². The van der Waals surface area contributed by atoms with Gasteiger partial charge in [-0.25, -0.2) is 0 Å². The maximum Gasteiger partial charge on any atom is 0.311 e. The largest absolute Gasteiger partial charge is 0.463 e. The van der Waals surface area contributed by atoms with E-state index in [0.717, 1.165) is 56.2 Å². The van der Waals surface area contributed by atoms with Crippen LogP contribution in [0.4, 0.5) is 0 Å². The van der Waals surface area contributed by atoms with Crippen LogP contribution in [0.5, 0.6) is 0 Å². The van der Waals surface area contributed by atoms with E-state index in [0.29, 0.717) is 47.3 Å². The molecule has 0 aromatic carbocycles. The molecular weight excluding hydrogens is 608 g/mol. The molecule has 0 saturated heterocycles. The highest BCUT2D eigenvalue weighted by atomic mass is 16.7. The van der Waals surface area contributed by atoms with Crippen molar-refractivity contribution in [2.75, 3.05) is 0 Å². The third kappa shape index (κ3) is 7.77. The second-order valence-electron chi connectivity index (χ2n) is 13.3. The average Bonchev–Trinajstić information content (AvgIpc) is 3.85. The van der Waals surface area contributed by atoms with Gasteiger partial charge in [0.2, 0.25) is 25.2 Å². The predicted molar refractivity (Wildman–Crippen MR) is 169 cm³/mol. The van der Waals surface area contributed by atoms with Crippen LogP contribution in [0.3, 0.4) is 0 Å². The van der Waals surface area contributed by atoms with E-state index in [9.17, 15) is 19.8 Å². The molecule has 6 atom stereocenters. The molecule has 12 heteroatoms. The first-order valence-corrected chi connectivity index (χ1v) is 16.9. The molecule has 12 nitrogen and oxygen atoms in total. The van der Waals surface area contributed by atoms with Crippen molar-refractivity contribution in [1.29, 1.82) is 0 Å². The van der Waals surface area contributed by atoms with Gasteiger partial charge in [0.05, 0.1) is 40.5 Å². The second-order valence-corrected chi connectivity index (χ2v) is 13.3. The summed E-state index contributed by atoms with van der Waals surface area (Å²) in [6.45, 7) is 5.58. The summed E-state index contributed by atoms with van der Waals surface area (Å²) in [5, 5.41) is 21.4. The van der Waals surface area contributed by atoms with Crippen molar-refractivity contribution in [2.45, 2.75) is 116 Å². The first-order valence-electron chi connectivity index (χ1n) is 16.9. The maximum atomic E-state index is 13.2. The molecule has 0 aliphatic heterocycles. The van der Waals surface area contributed by atoms with Crippen LogP contribution in [0.25, 0.3) is 22.2 Å². The van der Waals surface area contributed by atoms with Gasteiger partial charge in [-0.2, -0.15) is 0 Å². The lowest BCUT2D eigenvalue weighted by molar-refractivity contribution is -0.246. The Kier molecular flexibility index (Phi) is 10.4. The summed E-state index contributed by atoms with van der Waals surface area (Å²) in [4.78, 5) is 32.1. The van der Waals surface area contributed by atoms with E-state index in [1.54, 1.807) is 24.5 Å². The summed E-state index contributed by atoms with van der Waals surface area (Å²) in [6, 6.07) is 6.99. The summed E-state index contributed by atoms with van der Waals surface area (Å²) in [7, 11) is 0. The second kappa shape index (κ2) is 14.7. The zero-order valence-corrected chi connectivity index (χ0v) is 27.2. The summed E-state index contributed by atoms with van der Waals surface area (Å²) in [5.41, 5.74) is 3.42. The highest BCUT2D eigenvalue weighted by Gasteiger charge is 2.34. The van der Waals surface area contributed by atoms with Crippen molar-refractivity contribution < 1.29 is 47.6 Å². The van der Waals surface area contributed by atoms with Crippen LogP contribution in [-0.4, -0.2) is 44.7 Å². The molecule has 4 aromatic rings. The number of aliphatic hydroxyl groups excluding tert-OH is 2. The number of ether oxygens (including phenoxy) is 4. The van der Waals surface area contributed by atoms with Crippen LogP contribution < -0.4 is 0 Å². The Morgan fingerprint density at radius 3 is 2.23 bits per heavy atom. The quantitative estimate of drug-likeness (QED) is 0.0853. The summed E-state index contributed by atoms with van der Waals surface area (Å²) in [5.74, 6) is -0.467. The highest BCUT2D eigenvalue weighted by Crippen LogP contribution is 2.40. The number of hydrogen-bond acceptors (Lipinski definition) is 10. The van der Waals surface area contributed by atoms with Crippen LogP contribution in [-0.2, 0) is 28.5 Å². The lowest BCUT2D eigenvalue weighted by Gasteiger charge is -2.28. The molecule has 4 aromatic heterocycles. The number of carbonyl (C=O) groups is 2. The number of carbonyl (C=O) groups excluding carboxylic acids is 2. The van der Waals surface area contributed by atoms with Crippen molar-refractivity contribution in [2.24, 2.45) is 17.8 Å². The van der Waals surface area contributed by atoms with Crippen LogP contribution in [0.2, 0.25) is 0 Å². The fraction of sp³-hybridized carbons (Fsp3) is 0.600. The standard InChI is InChI=1S/C35H46N2O10/c1-4-30(45-33(40)25-17-28-23(36-25)13-14-42-28)44-32(39)22-12-8-11-21(15-22)27-16-24-29(43-27)18-26(37-24)34(41)47-35(19(2)3)46-31(38)20-9-6-5-7-10-20/h13-14,16-22,30,33-37,40-41H,4-12,15H2,1-3H3. The molecule has 4 heterocycles. The minimum Gasteiger partial charge on any atom is -0.463 e. The van der Waals surface area contributed by atoms with Crippen LogP contribution >= 0.6 is 0 Å². The SMILES string of the molecule is CCC(OC(=O)C1CCCC(c2cc3[nH]c(C(O)OC(OC(=O)C4CCCCC4)C(C)C)cc3o2)C1)OC(O)c1cc2occc2[nH]1. The first-order chi connectivity index (χ1) is 22.7. The molecular formula is C35H46N2O10. The van der Waals surface area contributed by atoms with E-state index < -0.39 is 25.2 Å². The highest BCUT2D eigenvalue weighted by molar-refractivity contribution is 5.76. The van der Waals surface area contributed by atoms with Gasteiger partial charge < -0.3 is 48.0 Å². The Bertz CT molecular complexity index is 1560. The molecule has 47 heavy (non-hydrogen) atoms. The van der Waals surface area contributed by atoms with Crippen LogP contribution in [0.15, 0.2) is 39.4 Å². The van der Waals surface area contributed by atoms with E-state index in [1.807, 2.05) is 26.8 Å². The molecule has 6 rings (SSSR count). The average molecular weight is 655 g/mol. The molecule has 0 amide bonds. The van der Waals surface area contributed by atoms with Crippen molar-refractivity contribution >= 4 is 34.1 Å². The number of hydrogen-bond donors (Lipinski definition) is 4. The fourth-order valence-corrected chi connectivity index (χ4v) is 6.68. The third-order valence-corrected chi connectivity index (χ3v) is 9.39. The Hall–Kier alpha value is -3.58.